The second kappa shape index (κ2) is 11.5. The summed E-state index contributed by atoms with van der Waals surface area (Å²) in [5, 5.41) is 9.80. The van der Waals surface area contributed by atoms with Crippen LogP contribution in [0.15, 0.2) is 43.5 Å². The molecule has 3 saturated heterocycles. The number of para-hydroxylation sites is 1. The number of thioether (sulfide) groups is 1. The highest BCUT2D eigenvalue weighted by atomic mass is 79.9. The van der Waals surface area contributed by atoms with Gasteiger partial charge >= 0.3 is 5.97 Å². The number of aliphatic hydroxyl groups excluding tert-OH is 1. The van der Waals surface area contributed by atoms with Crippen LogP contribution in [0.4, 0.5) is 5.69 Å². The summed E-state index contributed by atoms with van der Waals surface area (Å²) in [6.07, 6.45) is 4.72. The number of halogens is 2. The summed E-state index contributed by atoms with van der Waals surface area (Å²) in [5.41, 5.74) is 1.41. The minimum absolute atomic E-state index is 0.0542. The minimum atomic E-state index is -0.826. The SMILES string of the molecule is C=CCCOC(=O)[C@H]1[C@H]2C(=O)N(CCCO)C(C(=O)N(CC=C)c3c(C)cccc3Cl)C23CC(Br)[C@@H]1S3. The number of carbonyl (C=O) groups is 3. The number of hydrogen-bond donors (Lipinski definition) is 1. The summed E-state index contributed by atoms with van der Waals surface area (Å²) < 4.78 is 4.73. The van der Waals surface area contributed by atoms with Crippen molar-refractivity contribution in [3.63, 3.8) is 0 Å². The molecule has 1 N–H and O–H groups in total. The van der Waals surface area contributed by atoms with Gasteiger partial charge in [0.15, 0.2) is 0 Å². The summed E-state index contributed by atoms with van der Waals surface area (Å²) in [5.74, 6) is -2.26. The second-order valence-corrected chi connectivity index (χ2v) is 12.8. The number of hydrogen-bond acceptors (Lipinski definition) is 6. The zero-order valence-corrected chi connectivity index (χ0v) is 23.9. The van der Waals surface area contributed by atoms with E-state index >= 15 is 0 Å². The molecule has 3 aliphatic heterocycles. The third kappa shape index (κ3) is 4.77. The van der Waals surface area contributed by atoms with Gasteiger partial charge in [0, 0.05) is 29.8 Å². The highest BCUT2D eigenvalue weighted by Gasteiger charge is 2.76. The lowest BCUT2D eigenvalue weighted by atomic mass is 9.71. The summed E-state index contributed by atoms with van der Waals surface area (Å²) in [4.78, 5) is 44.8. The van der Waals surface area contributed by atoms with E-state index in [-0.39, 0.29) is 48.2 Å². The molecule has 7 nitrogen and oxygen atoms in total. The first kappa shape index (κ1) is 28.2. The van der Waals surface area contributed by atoms with Crippen molar-refractivity contribution in [3.8, 4) is 0 Å². The fourth-order valence-corrected chi connectivity index (χ4v) is 9.95. The number of alkyl halides is 1. The Morgan fingerprint density at radius 1 is 1.38 bits per heavy atom. The van der Waals surface area contributed by atoms with E-state index < -0.39 is 28.6 Å². The Kier molecular flexibility index (Phi) is 8.78. The van der Waals surface area contributed by atoms with Gasteiger partial charge in [0.25, 0.3) is 5.91 Å². The van der Waals surface area contributed by atoms with Crippen LogP contribution in [0.1, 0.15) is 24.8 Å². The minimum Gasteiger partial charge on any atom is -0.465 e. The molecule has 0 aliphatic carbocycles. The number of rotatable bonds is 11. The Bertz CT molecular complexity index is 1080. The molecule has 3 unspecified atom stereocenters. The third-order valence-corrected chi connectivity index (χ3v) is 11.0. The number of esters is 1. The van der Waals surface area contributed by atoms with Gasteiger partial charge in [-0.05, 0) is 37.8 Å². The van der Waals surface area contributed by atoms with Gasteiger partial charge in [0.05, 0.1) is 33.9 Å². The second-order valence-electron chi connectivity index (χ2n) is 9.66. The highest BCUT2D eigenvalue weighted by molar-refractivity contribution is 9.09. The van der Waals surface area contributed by atoms with Crippen LogP contribution in [0.3, 0.4) is 0 Å². The van der Waals surface area contributed by atoms with E-state index in [0.29, 0.717) is 30.0 Å². The van der Waals surface area contributed by atoms with E-state index in [0.717, 1.165) is 5.56 Å². The lowest BCUT2D eigenvalue weighted by Crippen LogP contribution is -2.56. The Labute approximate surface area is 235 Å². The van der Waals surface area contributed by atoms with Crippen LogP contribution in [-0.2, 0) is 19.1 Å². The molecule has 4 rings (SSSR count). The van der Waals surface area contributed by atoms with Crippen molar-refractivity contribution in [2.45, 2.75) is 47.1 Å². The molecule has 0 aromatic heterocycles. The number of amides is 2. The standard InChI is InChI=1S/C27H32BrClN2O5S/c1-4-6-14-36-26(35)19-20-24(33)31(12-8-13-32)23(27(20)15-17(28)22(19)37-27)25(34)30(11-5-2)21-16(3)9-7-10-18(21)29/h4-5,7,9-10,17,19-20,22-23,32H,1-2,6,8,11-15H2,3H3/t17?,19-,20-,22-,23?,27?/m0/s1. The molecule has 1 aromatic carbocycles. The molecule has 1 spiro atoms. The zero-order valence-electron chi connectivity index (χ0n) is 20.8. The van der Waals surface area contributed by atoms with Crippen LogP contribution in [0, 0.1) is 18.8 Å². The number of benzene rings is 1. The molecule has 3 heterocycles. The third-order valence-electron chi connectivity index (χ3n) is 7.45. The molecule has 3 fully saturated rings. The van der Waals surface area contributed by atoms with E-state index in [2.05, 4.69) is 29.1 Å². The average molecular weight is 612 g/mol. The number of ether oxygens (including phenoxy) is 1. The normalized spacial score (nSPS) is 29.8. The van der Waals surface area contributed by atoms with E-state index in [4.69, 9.17) is 16.3 Å². The Balaban J connectivity index is 1.78. The molecule has 2 amide bonds. The Morgan fingerprint density at radius 2 is 2.14 bits per heavy atom. The topological polar surface area (TPSA) is 87.1 Å². The lowest BCUT2D eigenvalue weighted by Gasteiger charge is -2.38. The molecule has 2 bridgehead atoms. The number of fused-ring (bicyclic) bond motifs is 1. The zero-order chi connectivity index (χ0) is 26.9. The number of aliphatic hydroxyl groups is 1. The predicted molar refractivity (Wildman–Crippen MR) is 150 cm³/mol. The maximum atomic E-state index is 14.5. The summed E-state index contributed by atoms with van der Waals surface area (Å²) >= 11 is 11.9. The van der Waals surface area contributed by atoms with Crippen molar-refractivity contribution in [1.82, 2.24) is 4.90 Å². The van der Waals surface area contributed by atoms with Crippen LogP contribution in [-0.4, -0.2) is 75.0 Å². The molecule has 0 saturated carbocycles. The summed E-state index contributed by atoms with van der Waals surface area (Å²) in [6.45, 7) is 9.89. The maximum absolute atomic E-state index is 14.5. The predicted octanol–water partition coefficient (Wildman–Crippen LogP) is 4.13. The molecule has 3 aliphatic rings. The van der Waals surface area contributed by atoms with Crippen molar-refractivity contribution < 1.29 is 24.2 Å². The number of aryl methyl sites for hydroxylation is 1. The molecule has 0 radical (unpaired) electrons. The quantitative estimate of drug-likeness (QED) is 0.175. The number of nitrogens with zero attached hydrogens (tertiary/aromatic N) is 2. The molecule has 10 heteroatoms. The van der Waals surface area contributed by atoms with Crippen LogP contribution in [0.5, 0.6) is 0 Å². The van der Waals surface area contributed by atoms with Gasteiger partial charge < -0.3 is 19.6 Å². The van der Waals surface area contributed by atoms with Crippen molar-refractivity contribution >= 4 is 62.8 Å². The van der Waals surface area contributed by atoms with Gasteiger partial charge in [-0.25, -0.2) is 0 Å². The molecule has 200 valence electrons. The first-order valence-corrected chi connectivity index (χ1v) is 14.6. The van der Waals surface area contributed by atoms with Crippen molar-refractivity contribution in [1.29, 1.82) is 0 Å². The fraction of sp³-hybridized carbons (Fsp3) is 0.519. The first-order valence-electron chi connectivity index (χ1n) is 12.4. The van der Waals surface area contributed by atoms with Gasteiger partial charge in [-0.2, -0.15) is 0 Å². The maximum Gasteiger partial charge on any atom is 0.310 e. The van der Waals surface area contributed by atoms with Gasteiger partial charge in [-0.1, -0.05) is 51.8 Å². The van der Waals surface area contributed by atoms with Crippen LogP contribution >= 0.6 is 39.3 Å². The monoisotopic (exact) mass is 610 g/mol. The van der Waals surface area contributed by atoms with E-state index in [1.54, 1.807) is 39.8 Å². The van der Waals surface area contributed by atoms with E-state index in [1.165, 1.54) is 0 Å². The lowest BCUT2D eigenvalue weighted by molar-refractivity contribution is -0.154. The van der Waals surface area contributed by atoms with Crippen LogP contribution in [0.25, 0.3) is 0 Å². The largest absolute Gasteiger partial charge is 0.465 e. The van der Waals surface area contributed by atoms with Gasteiger partial charge in [0.1, 0.15) is 6.04 Å². The van der Waals surface area contributed by atoms with Crippen LogP contribution in [0.2, 0.25) is 5.02 Å². The molecular formula is C27H32BrClN2O5S. The van der Waals surface area contributed by atoms with E-state index in [1.807, 2.05) is 19.1 Å². The Morgan fingerprint density at radius 3 is 2.78 bits per heavy atom. The average Bonchev–Trinajstić information content (AvgIpc) is 3.45. The van der Waals surface area contributed by atoms with Crippen molar-refractivity contribution in [2.75, 3.05) is 31.2 Å². The smallest absolute Gasteiger partial charge is 0.310 e. The number of likely N-dealkylation sites (tertiary alicyclic amines) is 1. The van der Waals surface area contributed by atoms with Gasteiger partial charge in [0.2, 0.25) is 5.91 Å². The molecule has 6 atom stereocenters. The van der Waals surface area contributed by atoms with Crippen molar-refractivity contribution in [3.05, 3.63) is 54.1 Å². The molecule has 37 heavy (non-hydrogen) atoms. The molecule has 1 aromatic rings. The summed E-state index contributed by atoms with van der Waals surface area (Å²) in [6, 6.07) is 4.62. The number of anilines is 1. The molecular weight excluding hydrogens is 580 g/mol. The highest BCUT2D eigenvalue weighted by Crippen LogP contribution is 2.68. The Hall–Kier alpha value is -1.81. The van der Waals surface area contributed by atoms with Gasteiger partial charge in [-0.3, -0.25) is 14.4 Å². The number of carbonyl (C=O) groups excluding carboxylic acids is 3. The van der Waals surface area contributed by atoms with Crippen LogP contribution < -0.4 is 4.90 Å². The van der Waals surface area contributed by atoms with E-state index in [9.17, 15) is 19.5 Å². The van der Waals surface area contributed by atoms with Crippen molar-refractivity contribution in [2.24, 2.45) is 11.8 Å². The first-order chi connectivity index (χ1) is 17.7. The summed E-state index contributed by atoms with van der Waals surface area (Å²) in [7, 11) is 0. The fourth-order valence-electron chi connectivity index (χ4n) is 6.03. The van der Waals surface area contributed by atoms with Gasteiger partial charge in [-0.15, -0.1) is 24.9 Å².